The van der Waals surface area contributed by atoms with Crippen molar-refractivity contribution in [3.05, 3.63) is 59.7 Å². The molecule has 134 valence electrons. The molecular formula is C19H24N2O3S. The number of piperazine rings is 1. The number of rotatable bonds is 4. The first kappa shape index (κ1) is 17.9. The van der Waals surface area contributed by atoms with Crippen LogP contribution in [-0.4, -0.2) is 51.4 Å². The third kappa shape index (κ3) is 3.71. The number of sulfonamides is 1. The number of methoxy groups -OCH3 is 1. The summed E-state index contributed by atoms with van der Waals surface area (Å²) in [7, 11) is 0.101. The molecule has 0 radical (unpaired) electrons. The van der Waals surface area contributed by atoms with E-state index in [1.165, 1.54) is 5.56 Å². The lowest BCUT2D eigenvalue weighted by atomic mass is 10.0. The number of hydrogen-bond acceptors (Lipinski definition) is 4. The van der Waals surface area contributed by atoms with E-state index in [-0.39, 0.29) is 6.04 Å². The highest BCUT2D eigenvalue weighted by Crippen LogP contribution is 2.28. The maximum Gasteiger partial charge on any atom is 0.243 e. The van der Waals surface area contributed by atoms with Crippen LogP contribution in [0, 0.1) is 6.92 Å². The molecular weight excluding hydrogens is 336 g/mol. The number of hydrogen-bond donors (Lipinski definition) is 0. The summed E-state index contributed by atoms with van der Waals surface area (Å²) in [5, 5.41) is 0. The van der Waals surface area contributed by atoms with Gasteiger partial charge in [0.15, 0.2) is 0 Å². The molecule has 0 N–H and O–H groups in total. The van der Waals surface area contributed by atoms with E-state index in [4.69, 9.17) is 4.74 Å². The molecule has 1 saturated heterocycles. The van der Waals surface area contributed by atoms with Gasteiger partial charge in [0.1, 0.15) is 5.75 Å². The zero-order valence-corrected chi connectivity index (χ0v) is 15.7. The fourth-order valence-electron chi connectivity index (χ4n) is 3.11. The van der Waals surface area contributed by atoms with Crippen molar-refractivity contribution in [1.82, 2.24) is 9.21 Å². The molecule has 0 bridgehead atoms. The second kappa shape index (κ2) is 7.15. The molecule has 1 aliphatic rings. The average molecular weight is 360 g/mol. The minimum atomic E-state index is -3.51. The van der Waals surface area contributed by atoms with E-state index in [0.29, 0.717) is 30.3 Å². The molecule has 25 heavy (non-hydrogen) atoms. The molecule has 3 rings (SSSR count). The lowest BCUT2D eigenvalue weighted by Crippen LogP contribution is -2.48. The van der Waals surface area contributed by atoms with Crippen LogP contribution in [0.3, 0.4) is 0 Å². The maximum atomic E-state index is 13.0. The summed E-state index contributed by atoms with van der Waals surface area (Å²) >= 11 is 0. The molecule has 0 saturated carbocycles. The number of nitrogens with zero attached hydrogens (tertiary/aromatic N) is 2. The fourth-order valence-corrected chi connectivity index (χ4v) is 4.55. The first-order valence-electron chi connectivity index (χ1n) is 8.33. The molecule has 1 unspecified atom stereocenters. The molecule has 0 aliphatic carbocycles. The predicted octanol–water partition coefficient (Wildman–Crippen LogP) is 2.68. The Bertz CT molecular complexity index is 817. The summed E-state index contributed by atoms with van der Waals surface area (Å²) in [4.78, 5) is 2.52. The van der Waals surface area contributed by atoms with E-state index in [1.54, 1.807) is 35.7 Å². The number of aryl methyl sites for hydroxylation is 1. The molecule has 1 heterocycles. The Kier molecular flexibility index (Phi) is 5.13. The van der Waals surface area contributed by atoms with Gasteiger partial charge in [0.25, 0.3) is 0 Å². The van der Waals surface area contributed by atoms with Crippen LogP contribution in [0.2, 0.25) is 0 Å². The maximum absolute atomic E-state index is 13.0. The molecule has 5 nitrogen and oxygen atoms in total. The van der Waals surface area contributed by atoms with Gasteiger partial charge in [-0.05, 0) is 43.8 Å². The topological polar surface area (TPSA) is 49.9 Å². The minimum Gasteiger partial charge on any atom is -0.497 e. The van der Waals surface area contributed by atoms with Gasteiger partial charge in [-0.1, -0.05) is 29.8 Å². The lowest BCUT2D eigenvalue weighted by molar-refractivity contribution is 0.148. The number of likely N-dealkylation sites (N-methyl/N-ethyl adjacent to an activating group) is 1. The monoisotopic (exact) mass is 360 g/mol. The number of benzene rings is 2. The molecule has 0 aromatic heterocycles. The Hall–Kier alpha value is -1.89. The molecule has 6 heteroatoms. The van der Waals surface area contributed by atoms with Crippen LogP contribution in [0.5, 0.6) is 5.75 Å². The Labute approximate surface area is 149 Å². The summed E-state index contributed by atoms with van der Waals surface area (Å²) in [5.74, 6) is 0.648. The molecule has 1 fully saturated rings. The molecule has 0 amide bonds. The third-order valence-corrected chi connectivity index (χ3v) is 6.65. The van der Waals surface area contributed by atoms with Gasteiger partial charge >= 0.3 is 0 Å². The van der Waals surface area contributed by atoms with Crippen molar-refractivity contribution >= 4 is 10.0 Å². The van der Waals surface area contributed by atoms with Crippen molar-refractivity contribution in [2.75, 3.05) is 33.8 Å². The van der Waals surface area contributed by atoms with Gasteiger partial charge < -0.3 is 4.74 Å². The van der Waals surface area contributed by atoms with Gasteiger partial charge in [0, 0.05) is 25.7 Å². The van der Waals surface area contributed by atoms with Gasteiger partial charge in [-0.25, -0.2) is 8.42 Å². The van der Waals surface area contributed by atoms with E-state index >= 15 is 0 Å². The van der Waals surface area contributed by atoms with Gasteiger partial charge in [-0.2, -0.15) is 4.31 Å². The second-order valence-corrected chi connectivity index (χ2v) is 8.38. The van der Waals surface area contributed by atoms with E-state index in [2.05, 4.69) is 36.1 Å². The SMILES string of the molecule is COc1ccc(S(=O)(=O)N2CCN(C)C(c3ccc(C)cc3)C2)cc1. The molecule has 1 atom stereocenters. The normalized spacial score (nSPS) is 19.7. The van der Waals surface area contributed by atoms with Crippen molar-refractivity contribution < 1.29 is 13.2 Å². The highest BCUT2D eigenvalue weighted by atomic mass is 32.2. The Morgan fingerprint density at radius 1 is 1.00 bits per heavy atom. The average Bonchev–Trinajstić information content (AvgIpc) is 2.63. The zero-order chi connectivity index (χ0) is 18.0. The molecule has 2 aromatic rings. The first-order chi connectivity index (χ1) is 11.9. The molecule has 1 aliphatic heterocycles. The number of ether oxygens (including phenoxy) is 1. The smallest absolute Gasteiger partial charge is 0.243 e. The van der Waals surface area contributed by atoms with Crippen LogP contribution < -0.4 is 4.74 Å². The van der Waals surface area contributed by atoms with E-state index < -0.39 is 10.0 Å². The van der Waals surface area contributed by atoms with Crippen LogP contribution in [0.15, 0.2) is 53.4 Å². The Balaban J connectivity index is 1.85. The fraction of sp³-hybridized carbons (Fsp3) is 0.368. The van der Waals surface area contributed by atoms with Crippen LogP contribution in [0.4, 0.5) is 0 Å². The van der Waals surface area contributed by atoms with Crippen LogP contribution in [-0.2, 0) is 10.0 Å². The summed E-state index contributed by atoms with van der Waals surface area (Å²) in [6.07, 6.45) is 0. The van der Waals surface area contributed by atoms with Gasteiger partial charge in [0.2, 0.25) is 10.0 Å². The van der Waals surface area contributed by atoms with E-state index in [0.717, 1.165) is 5.56 Å². The highest BCUT2D eigenvalue weighted by Gasteiger charge is 2.33. The Morgan fingerprint density at radius 2 is 1.64 bits per heavy atom. The van der Waals surface area contributed by atoms with Gasteiger partial charge in [-0.15, -0.1) is 0 Å². The van der Waals surface area contributed by atoms with Crippen molar-refractivity contribution in [3.63, 3.8) is 0 Å². The van der Waals surface area contributed by atoms with E-state index in [9.17, 15) is 8.42 Å². The summed E-state index contributed by atoms with van der Waals surface area (Å²) in [6.45, 7) is 3.70. The van der Waals surface area contributed by atoms with Gasteiger partial charge in [-0.3, -0.25) is 4.90 Å². The van der Waals surface area contributed by atoms with Crippen molar-refractivity contribution in [2.24, 2.45) is 0 Å². The van der Waals surface area contributed by atoms with Crippen molar-refractivity contribution in [3.8, 4) is 5.75 Å². The summed E-state index contributed by atoms with van der Waals surface area (Å²) < 4.78 is 32.7. The largest absolute Gasteiger partial charge is 0.497 e. The molecule has 0 spiro atoms. The standard InChI is InChI=1S/C19H24N2O3S/c1-15-4-6-16(7-5-15)19-14-21(13-12-20(19)2)25(22,23)18-10-8-17(24-3)9-11-18/h4-11,19H,12-14H2,1-3H3. The van der Waals surface area contributed by atoms with Crippen LogP contribution in [0.25, 0.3) is 0 Å². The van der Waals surface area contributed by atoms with Crippen molar-refractivity contribution in [2.45, 2.75) is 17.9 Å². The highest BCUT2D eigenvalue weighted by molar-refractivity contribution is 7.89. The van der Waals surface area contributed by atoms with Gasteiger partial charge in [0.05, 0.1) is 12.0 Å². The summed E-state index contributed by atoms with van der Waals surface area (Å²) in [6, 6.07) is 14.9. The zero-order valence-electron chi connectivity index (χ0n) is 14.8. The lowest BCUT2D eigenvalue weighted by Gasteiger charge is -2.39. The second-order valence-electron chi connectivity index (χ2n) is 6.45. The minimum absolute atomic E-state index is 0.0578. The summed E-state index contributed by atoms with van der Waals surface area (Å²) in [5.41, 5.74) is 2.34. The van der Waals surface area contributed by atoms with E-state index in [1.807, 2.05) is 7.05 Å². The van der Waals surface area contributed by atoms with Crippen LogP contribution >= 0.6 is 0 Å². The Morgan fingerprint density at radius 3 is 2.24 bits per heavy atom. The first-order valence-corrected chi connectivity index (χ1v) is 9.77. The van der Waals surface area contributed by atoms with Crippen molar-refractivity contribution in [1.29, 1.82) is 0 Å². The molecule has 2 aromatic carbocycles. The predicted molar refractivity (Wildman–Crippen MR) is 98.3 cm³/mol. The van der Waals surface area contributed by atoms with Crippen LogP contribution in [0.1, 0.15) is 17.2 Å². The third-order valence-electron chi connectivity index (χ3n) is 4.77. The quantitative estimate of drug-likeness (QED) is 0.841.